The highest BCUT2D eigenvalue weighted by molar-refractivity contribution is 7.15. The number of aryl methyl sites for hydroxylation is 1. The number of hydrogen-bond acceptors (Lipinski definition) is 5. The minimum atomic E-state index is 0.748. The SMILES string of the molecule is COc1ccc(-c2ncnn2-c2sc3c(c2C#N)CCCCCC3)cc1. The van der Waals surface area contributed by atoms with Crippen LogP contribution in [0.3, 0.4) is 0 Å². The number of aromatic nitrogens is 3. The van der Waals surface area contributed by atoms with Gasteiger partial charge < -0.3 is 4.74 Å². The average molecular weight is 364 g/mol. The highest BCUT2D eigenvalue weighted by Gasteiger charge is 2.22. The van der Waals surface area contributed by atoms with Crippen molar-refractivity contribution in [1.82, 2.24) is 14.8 Å². The molecule has 3 aromatic rings. The second kappa shape index (κ2) is 7.30. The molecule has 0 spiro atoms. The summed E-state index contributed by atoms with van der Waals surface area (Å²) in [4.78, 5) is 5.79. The van der Waals surface area contributed by atoms with Crippen molar-refractivity contribution >= 4 is 11.3 Å². The monoisotopic (exact) mass is 364 g/mol. The summed E-state index contributed by atoms with van der Waals surface area (Å²) in [6.45, 7) is 0. The summed E-state index contributed by atoms with van der Waals surface area (Å²) < 4.78 is 7.05. The van der Waals surface area contributed by atoms with Crippen LogP contribution in [0.15, 0.2) is 30.6 Å². The van der Waals surface area contributed by atoms with E-state index in [0.717, 1.165) is 47.0 Å². The van der Waals surface area contributed by atoms with E-state index in [1.807, 2.05) is 28.9 Å². The second-order valence-electron chi connectivity index (χ2n) is 6.43. The van der Waals surface area contributed by atoms with E-state index in [1.54, 1.807) is 24.8 Å². The number of thiophene rings is 1. The van der Waals surface area contributed by atoms with Crippen LogP contribution < -0.4 is 4.74 Å². The van der Waals surface area contributed by atoms with Crippen molar-refractivity contribution in [3.63, 3.8) is 0 Å². The first-order valence-corrected chi connectivity index (χ1v) is 9.73. The van der Waals surface area contributed by atoms with Gasteiger partial charge in [0.15, 0.2) is 5.82 Å². The van der Waals surface area contributed by atoms with Crippen LogP contribution in [-0.4, -0.2) is 21.9 Å². The van der Waals surface area contributed by atoms with Crippen molar-refractivity contribution in [3.8, 4) is 28.2 Å². The Labute approximate surface area is 156 Å². The minimum Gasteiger partial charge on any atom is -0.497 e. The van der Waals surface area contributed by atoms with Crippen LogP contribution in [0.25, 0.3) is 16.4 Å². The maximum atomic E-state index is 9.83. The smallest absolute Gasteiger partial charge is 0.164 e. The van der Waals surface area contributed by atoms with E-state index in [4.69, 9.17) is 4.74 Å². The predicted molar refractivity (Wildman–Crippen MR) is 102 cm³/mol. The maximum absolute atomic E-state index is 9.83. The molecule has 26 heavy (non-hydrogen) atoms. The molecule has 0 bridgehead atoms. The molecule has 132 valence electrons. The summed E-state index contributed by atoms with van der Waals surface area (Å²) in [6, 6.07) is 10.2. The molecule has 1 aliphatic carbocycles. The first-order chi connectivity index (χ1) is 12.8. The average Bonchev–Trinajstić information content (AvgIpc) is 3.26. The summed E-state index contributed by atoms with van der Waals surface area (Å²) in [7, 11) is 1.65. The predicted octanol–water partition coefficient (Wildman–Crippen LogP) is 4.54. The lowest BCUT2D eigenvalue weighted by atomic mass is 9.97. The summed E-state index contributed by atoms with van der Waals surface area (Å²) >= 11 is 1.70. The van der Waals surface area contributed by atoms with Gasteiger partial charge >= 0.3 is 0 Å². The molecule has 1 aromatic carbocycles. The van der Waals surface area contributed by atoms with Crippen molar-refractivity contribution < 1.29 is 4.74 Å². The number of hydrogen-bond donors (Lipinski definition) is 0. The van der Waals surface area contributed by atoms with Gasteiger partial charge in [-0.05, 0) is 55.5 Å². The van der Waals surface area contributed by atoms with Gasteiger partial charge in [-0.15, -0.1) is 11.3 Å². The Hall–Kier alpha value is -2.65. The number of ether oxygens (including phenoxy) is 1. The van der Waals surface area contributed by atoms with Crippen LogP contribution in [0.4, 0.5) is 0 Å². The first-order valence-electron chi connectivity index (χ1n) is 8.91. The molecule has 5 nitrogen and oxygen atoms in total. The summed E-state index contributed by atoms with van der Waals surface area (Å²) in [5, 5.41) is 15.2. The molecule has 2 aromatic heterocycles. The summed E-state index contributed by atoms with van der Waals surface area (Å²) in [5.41, 5.74) is 2.95. The Balaban J connectivity index is 1.80. The van der Waals surface area contributed by atoms with Gasteiger partial charge in [-0.25, -0.2) is 9.67 Å². The standard InChI is InChI=1S/C20H20N4OS/c1-25-15-10-8-14(9-11-15)19-22-13-23-24(19)20-17(12-21)16-6-4-2-3-5-7-18(16)26-20/h8-11,13H,2-7H2,1H3. The molecule has 0 saturated heterocycles. The van der Waals surface area contributed by atoms with Crippen LogP contribution in [0, 0.1) is 11.3 Å². The Morgan fingerprint density at radius 3 is 2.62 bits per heavy atom. The lowest BCUT2D eigenvalue weighted by Crippen LogP contribution is -2.01. The molecule has 1 aliphatic rings. The van der Waals surface area contributed by atoms with Gasteiger partial charge in [0.2, 0.25) is 0 Å². The molecule has 0 radical (unpaired) electrons. The molecule has 6 heteroatoms. The second-order valence-corrected chi connectivity index (χ2v) is 7.52. The fraction of sp³-hybridized carbons (Fsp3) is 0.350. The molecule has 0 amide bonds. The van der Waals surface area contributed by atoms with E-state index in [1.165, 1.54) is 29.7 Å². The third-order valence-electron chi connectivity index (χ3n) is 4.85. The lowest BCUT2D eigenvalue weighted by molar-refractivity contribution is 0.415. The lowest BCUT2D eigenvalue weighted by Gasteiger charge is -2.08. The van der Waals surface area contributed by atoms with E-state index in [0.29, 0.717) is 0 Å². The van der Waals surface area contributed by atoms with Gasteiger partial charge in [-0.3, -0.25) is 0 Å². The van der Waals surface area contributed by atoms with E-state index in [9.17, 15) is 5.26 Å². The topological polar surface area (TPSA) is 63.7 Å². The third-order valence-corrected chi connectivity index (χ3v) is 6.12. The highest BCUT2D eigenvalue weighted by atomic mass is 32.1. The van der Waals surface area contributed by atoms with E-state index in [2.05, 4.69) is 16.2 Å². The van der Waals surface area contributed by atoms with E-state index in [-0.39, 0.29) is 0 Å². The number of methoxy groups -OCH3 is 1. The number of rotatable bonds is 3. The van der Waals surface area contributed by atoms with Gasteiger partial charge in [-0.1, -0.05) is 12.8 Å². The quantitative estimate of drug-likeness (QED) is 0.685. The molecule has 0 saturated carbocycles. The Bertz CT molecular complexity index is 949. The fourth-order valence-electron chi connectivity index (χ4n) is 3.50. The van der Waals surface area contributed by atoms with Crippen molar-refractivity contribution in [2.75, 3.05) is 7.11 Å². The number of nitrogens with zero attached hydrogens (tertiary/aromatic N) is 4. The van der Waals surface area contributed by atoms with Crippen molar-refractivity contribution in [2.45, 2.75) is 38.5 Å². The zero-order valence-corrected chi connectivity index (χ0v) is 15.6. The molecular weight excluding hydrogens is 344 g/mol. The maximum Gasteiger partial charge on any atom is 0.164 e. The van der Waals surface area contributed by atoms with Crippen molar-refractivity contribution in [3.05, 3.63) is 46.6 Å². The van der Waals surface area contributed by atoms with Crippen LogP contribution in [0.5, 0.6) is 5.75 Å². The third kappa shape index (κ3) is 2.99. The molecule has 0 aliphatic heterocycles. The molecular formula is C20H20N4OS. The van der Waals surface area contributed by atoms with Gasteiger partial charge in [0, 0.05) is 10.4 Å². The van der Waals surface area contributed by atoms with Crippen LogP contribution in [-0.2, 0) is 12.8 Å². The summed E-state index contributed by atoms with van der Waals surface area (Å²) in [5.74, 6) is 1.55. The molecule has 0 N–H and O–H groups in total. The number of benzene rings is 1. The van der Waals surface area contributed by atoms with Gasteiger partial charge in [0.05, 0.1) is 12.7 Å². The van der Waals surface area contributed by atoms with E-state index < -0.39 is 0 Å². The molecule has 0 atom stereocenters. The highest BCUT2D eigenvalue weighted by Crippen LogP contribution is 2.36. The van der Waals surface area contributed by atoms with Crippen LogP contribution in [0.2, 0.25) is 0 Å². The Morgan fingerprint density at radius 1 is 1.12 bits per heavy atom. The molecule has 2 heterocycles. The van der Waals surface area contributed by atoms with Crippen molar-refractivity contribution in [1.29, 1.82) is 5.26 Å². The zero-order valence-electron chi connectivity index (χ0n) is 14.7. The number of fused-ring (bicyclic) bond motifs is 1. The normalized spacial score (nSPS) is 14.2. The van der Waals surface area contributed by atoms with Crippen LogP contribution in [0.1, 0.15) is 41.7 Å². The summed E-state index contributed by atoms with van der Waals surface area (Å²) in [6.07, 6.45) is 8.46. The van der Waals surface area contributed by atoms with Gasteiger partial charge in [-0.2, -0.15) is 10.4 Å². The van der Waals surface area contributed by atoms with Crippen LogP contribution >= 0.6 is 11.3 Å². The largest absolute Gasteiger partial charge is 0.497 e. The van der Waals surface area contributed by atoms with Crippen molar-refractivity contribution in [2.24, 2.45) is 0 Å². The zero-order chi connectivity index (χ0) is 17.9. The first kappa shape index (κ1) is 16.8. The number of nitriles is 1. The molecule has 0 unspecified atom stereocenters. The minimum absolute atomic E-state index is 0.748. The fourth-order valence-corrected chi connectivity index (χ4v) is 4.79. The van der Waals surface area contributed by atoms with Gasteiger partial charge in [0.1, 0.15) is 23.1 Å². The van der Waals surface area contributed by atoms with E-state index >= 15 is 0 Å². The molecule has 0 fully saturated rings. The Morgan fingerprint density at radius 2 is 1.88 bits per heavy atom. The Kier molecular flexibility index (Phi) is 4.72. The molecule has 4 rings (SSSR count). The van der Waals surface area contributed by atoms with Gasteiger partial charge in [0.25, 0.3) is 0 Å².